The number of hydrogen-bond donors (Lipinski definition) is 0. The molecule has 1 aromatic carbocycles. The average molecular weight is 286 g/mol. The Labute approximate surface area is 118 Å². The van der Waals surface area contributed by atoms with E-state index in [9.17, 15) is 13.2 Å². The van der Waals surface area contributed by atoms with Crippen LogP contribution in [0.1, 0.15) is 25.8 Å². The Morgan fingerprint density at radius 1 is 0.950 bits per heavy atom. The maximum atomic E-state index is 12.5. The first-order chi connectivity index (χ1) is 9.38. The first-order valence-electron chi connectivity index (χ1n) is 7.04. The number of anilines is 1. The summed E-state index contributed by atoms with van der Waals surface area (Å²) in [5.41, 5.74) is 0.295. The predicted octanol–water partition coefficient (Wildman–Crippen LogP) is 3.63. The zero-order valence-electron chi connectivity index (χ0n) is 12.0. The van der Waals surface area contributed by atoms with Gasteiger partial charge in [-0.05, 0) is 44.5 Å². The van der Waals surface area contributed by atoms with Crippen LogP contribution >= 0.6 is 0 Å². The van der Waals surface area contributed by atoms with Gasteiger partial charge in [-0.3, -0.25) is 4.90 Å². The number of hydrogen-bond acceptors (Lipinski definition) is 2. The van der Waals surface area contributed by atoms with Crippen molar-refractivity contribution in [2.45, 2.75) is 32.5 Å². The van der Waals surface area contributed by atoms with Gasteiger partial charge in [-0.2, -0.15) is 13.2 Å². The van der Waals surface area contributed by atoms with Crippen LogP contribution in [0, 0.1) is 0 Å². The van der Waals surface area contributed by atoms with Crippen molar-refractivity contribution in [1.82, 2.24) is 4.90 Å². The molecule has 0 saturated carbocycles. The molecule has 1 heterocycles. The molecule has 5 heteroatoms. The molecular formula is C15H21F3N2. The quantitative estimate of drug-likeness (QED) is 0.819. The molecule has 2 rings (SSSR count). The highest BCUT2D eigenvalue weighted by Crippen LogP contribution is 2.30. The molecular weight excluding hydrogens is 265 g/mol. The standard InChI is InChI=1S/C15H21F3N2/c1-12(2)19-8-3-9-20(11-10-19)14-6-4-13(5-7-14)15(16,17)18/h4-7,12H,3,8-11H2,1-2H3. The maximum Gasteiger partial charge on any atom is 0.416 e. The molecule has 1 aliphatic heterocycles. The van der Waals surface area contributed by atoms with E-state index in [1.807, 2.05) is 0 Å². The Bertz CT molecular complexity index is 426. The van der Waals surface area contributed by atoms with Crippen LogP contribution < -0.4 is 4.90 Å². The van der Waals surface area contributed by atoms with E-state index >= 15 is 0 Å². The van der Waals surface area contributed by atoms with Crippen LogP contribution in [0.3, 0.4) is 0 Å². The minimum absolute atomic E-state index is 0.516. The molecule has 0 N–H and O–H groups in total. The van der Waals surface area contributed by atoms with E-state index in [0.29, 0.717) is 6.04 Å². The van der Waals surface area contributed by atoms with Gasteiger partial charge in [0.05, 0.1) is 5.56 Å². The van der Waals surface area contributed by atoms with E-state index < -0.39 is 11.7 Å². The van der Waals surface area contributed by atoms with Crippen LogP contribution in [0.15, 0.2) is 24.3 Å². The van der Waals surface area contributed by atoms with E-state index in [2.05, 4.69) is 23.6 Å². The summed E-state index contributed by atoms with van der Waals surface area (Å²) in [4.78, 5) is 4.58. The zero-order chi connectivity index (χ0) is 14.8. The molecule has 2 nitrogen and oxygen atoms in total. The van der Waals surface area contributed by atoms with Crippen LogP contribution in [0.25, 0.3) is 0 Å². The second-order valence-corrected chi connectivity index (χ2v) is 5.51. The lowest BCUT2D eigenvalue weighted by atomic mass is 10.2. The fraction of sp³-hybridized carbons (Fsp3) is 0.600. The van der Waals surface area contributed by atoms with Gasteiger partial charge in [0.25, 0.3) is 0 Å². The Morgan fingerprint density at radius 3 is 2.15 bits per heavy atom. The average Bonchev–Trinajstić information content (AvgIpc) is 2.63. The largest absolute Gasteiger partial charge is 0.416 e. The van der Waals surface area contributed by atoms with Crippen molar-refractivity contribution in [3.63, 3.8) is 0 Å². The van der Waals surface area contributed by atoms with Gasteiger partial charge < -0.3 is 4.90 Å². The SMILES string of the molecule is CC(C)N1CCCN(c2ccc(C(F)(F)F)cc2)CC1. The van der Waals surface area contributed by atoms with Crippen molar-refractivity contribution in [2.75, 3.05) is 31.1 Å². The van der Waals surface area contributed by atoms with Gasteiger partial charge in [0.2, 0.25) is 0 Å². The predicted molar refractivity (Wildman–Crippen MR) is 75.0 cm³/mol. The first kappa shape index (κ1) is 15.2. The zero-order valence-corrected chi connectivity index (χ0v) is 12.0. The van der Waals surface area contributed by atoms with Crippen molar-refractivity contribution in [3.05, 3.63) is 29.8 Å². The van der Waals surface area contributed by atoms with Crippen LogP contribution in [0.2, 0.25) is 0 Å². The molecule has 1 fully saturated rings. The fourth-order valence-corrected chi connectivity index (χ4v) is 2.57. The summed E-state index contributed by atoms with van der Waals surface area (Å²) in [7, 11) is 0. The van der Waals surface area contributed by atoms with Gasteiger partial charge in [0, 0.05) is 37.9 Å². The lowest BCUT2D eigenvalue weighted by Crippen LogP contribution is -2.35. The highest BCUT2D eigenvalue weighted by Gasteiger charge is 2.30. The molecule has 0 atom stereocenters. The van der Waals surface area contributed by atoms with Crippen molar-refractivity contribution in [1.29, 1.82) is 0 Å². The van der Waals surface area contributed by atoms with E-state index in [-0.39, 0.29) is 0 Å². The summed E-state index contributed by atoms with van der Waals surface area (Å²) in [5, 5.41) is 0. The normalized spacial score (nSPS) is 18.4. The van der Waals surface area contributed by atoms with Crippen molar-refractivity contribution in [2.24, 2.45) is 0 Å². The minimum Gasteiger partial charge on any atom is -0.370 e. The minimum atomic E-state index is -4.26. The second kappa shape index (κ2) is 6.04. The lowest BCUT2D eigenvalue weighted by molar-refractivity contribution is -0.137. The molecule has 0 aromatic heterocycles. The fourth-order valence-electron chi connectivity index (χ4n) is 2.57. The maximum absolute atomic E-state index is 12.5. The summed E-state index contributed by atoms with van der Waals surface area (Å²) >= 11 is 0. The monoisotopic (exact) mass is 286 g/mol. The number of benzene rings is 1. The van der Waals surface area contributed by atoms with Gasteiger partial charge in [-0.15, -0.1) is 0 Å². The molecule has 1 aromatic rings. The Morgan fingerprint density at radius 2 is 1.60 bits per heavy atom. The third-order valence-electron chi connectivity index (χ3n) is 3.82. The van der Waals surface area contributed by atoms with E-state index in [1.54, 1.807) is 12.1 Å². The number of rotatable bonds is 2. The van der Waals surface area contributed by atoms with Crippen molar-refractivity contribution in [3.8, 4) is 0 Å². The molecule has 1 aliphatic rings. The number of halogens is 3. The number of nitrogens with zero attached hydrogens (tertiary/aromatic N) is 2. The Hall–Kier alpha value is -1.23. The Kier molecular flexibility index (Phi) is 4.58. The first-order valence-corrected chi connectivity index (χ1v) is 7.04. The van der Waals surface area contributed by atoms with Gasteiger partial charge in [0.15, 0.2) is 0 Å². The third-order valence-corrected chi connectivity index (χ3v) is 3.82. The van der Waals surface area contributed by atoms with Gasteiger partial charge >= 0.3 is 6.18 Å². The molecule has 0 amide bonds. The van der Waals surface area contributed by atoms with Crippen molar-refractivity contribution >= 4 is 5.69 Å². The molecule has 0 aliphatic carbocycles. The van der Waals surface area contributed by atoms with Gasteiger partial charge in [-0.1, -0.05) is 0 Å². The third kappa shape index (κ3) is 3.66. The molecule has 1 saturated heterocycles. The van der Waals surface area contributed by atoms with Crippen LogP contribution in [-0.2, 0) is 6.18 Å². The van der Waals surface area contributed by atoms with Crippen LogP contribution in [0.4, 0.5) is 18.9 Å². The van der Waals surface area contributed by atoms with Crippen LogP contribution in [0.5, 0.6) is 0 Å². The molecule has 0 bridgehead atoms. The molecule has 20 heavy (non-hydrogen) atoms. The highest BCUT2D eigenvalue weighted by atomic mass is 19.4. The van der Waals surface area contributed by atoms with Crippen LogP contribution in [-0.4, -0.2) is 37.1 Å². The van der Waals surface area contributed by atoms with E-state index in [4.69, 9.17) is 0 Å². The topological polar surface area (TPSA) is 6.48 Å². The van der Waals surface area contributed by atoms with Gasteiger partial charge in [0.1, 0.15) is 0 Å². The van der Waals surface area contributed by atoms with E-state index in [0.717, 1.165) is 38.3 Å². The highest BCUT2D eigenvalue weighted by molar-refractivity contribution is 5.48. The molecule has 112 valence electrons. The summed E-state index contributed by atoms with van der Waals surface area (Å²) in [6, 6.07) is 6.00. The molecule has 0 radical (unpaired) electrons. The van der Waals surface area contributed by atoms with Crippen molar-refractivity contribution < 1.29 is 13.2 Å². The smallest absolute Gasteiger partial charge is 0.370 e. The lowest BCUT2D eigenvalue weighted by Gasteiger charge is -2.26. The van der Waals surface area contributed by atoms with E-state index in [1.165, 1.54) is 12.1 Å². The molecule has 0 spiro atoms. The summed E-state index contributed by atoms with van der Waals surface area (Å²) in [6.07, 6.45) is -3.22. The van der Waals surface area contributed by atoms with Gasteiger partial charge in [-0.25, -0.2) is 0 Å². The summed E-state index contributed by atoms with van der Waals surface area (Å²) < 4.78 is 37.6. The second-order valence-electron chi connectivity index (χ2n) is 5.51. The summed E-state index contributed by atoms with van der Waals surface area (Å²) in [5.74, 6) is 0. The Balaban J connectivity index is 2.05. The number of alkyl halides is 3. The molecule has 0 unspecified atom stereocenters. The summed E-state index contributed by atoms with van der Waals surface area (Å²) in [6.45, 7) is 8.12.